The lowest BCUT2D eigenvalue weighted by Gasteiger charge is -2.26. The molecule has 2 N–H and O–H groups in total. The van der Waals surface area contributed by atoms with Crippen LogP contribution in [0.3, 0.4) is 0 Å². The molecule has 1 aromatic rings. The van der Waals surface area contributed by atoms with Gasteiger partial charge < -0.3 is 15.4 Å². The molecule has 1 aliphatic heterocycles. The average Bonchev–Trinajstić information content (AvgIpc) is 2.51. The Morgan fingerprint density at radius 2 is 2.00 bits per heavy atom. The van der Waals surface area contributed by atoms with E-state index in [-0.39, 0.29) is 5.91 Å². The van der Waals surface area contributed by atoms with Gasteiger partial charge in [-0.05, 0) is 36.8 Å². The molecule has 1 fully saturated rings. The maximum atomic E-state index is 11.4. The Morgan fingerprint density at radius 1 is 1.29 bits per heavy atom. The summed E-state index contributed by atoms with van der Waals surface area (Å²) in [5.41, 5.74) is 2.65. The molecule has 0 saturated carbocycles. The van der Waals surface area contributed by atoms with Gasteiger partial charge >= 0.3 is 6.09 Å². The highest BCUT2D eigenvalue weighted by atomic mass is 16.5. The van der Waals surface area contributed by atoms with Crippen molar-refractivity contribution in [3.05, 3.63) is 35.4 Å². The number of carbonyl (C=O) groups is 2. The number of hydrogen-bond donors (Lipinski definition) is 2. The lowest BCUT2D eigenvalue weighted by molar-refractivity contribution is -0.128. The molecular formula is C16H22N2O3. The molecule has 0 bridgehead atoms. The van der Waals surface area contributed by atoms with Crippen LogP contribution in [0.2, 0.25) is 0 Å². The molecule has 1 atom stereocenters. The molecule has 21 heavy (non-hydrogen) atoms. The number of unbranched alkanes of at least 4 members (excludes halogenated alkanes) is 1. The molecular weight excluding hydrogens is 268 g/mol. The fourth-order valence-corrected chi connectivity index (χ4v) is 2.13. The second kappa shape index (κ2) is 7.67. The van der Waals surface area contributed by atoms with Crippen LogP contribution in [0.15, 0.2) is 24.3 Å². The van der Waals surface area contributed by atoms with Gasteiger partial charge in [-0.2, -0.15) is 0 Å². The predicted octanol–water partition coefficient (Wildman–Crippen LogP) is 1.80. The third kappa shape index (κ3) is 4.77. The van der Waals surface area contributed by atoms with Crippen molar-refractivity contribution in [1.82, 2.24) is 10.6 Å². The second-order valence-corrected chi connectivity index (χ2v) is 5.21. The summed E-state index contributed by atoms with van der Waals surface area (Å²) in [6, 6.07) is 8.20. The minimum absolute atomic E-state index is 0.150. The van der Waals surface area contributed by atoms with Crippen molar-refractivity contribution in [2.75, 3.05) is 13.2 Å². The lowest BCUT2D eigenvalue weighted by Crippen LogP contribution is -2.61. The summed E-state index contributed by atoms with van der Waals surface area (Å²) in [4.78, 5) is 22.3. The van der Waals surface area contributed by atoms with Crippen molar-refractivity contribution in [1.29, 1.82) is 0 Å². The Labute approximate surface area is 125 Å². The molecule has 0 radical (unpaired) electrons. The van der Waals surface area contributed by atoms with Gasteiger partial charge in [-0.3, -0.25) is 4.79 Å². The van der Waals surface area contributed by atoms with E-state index in [1.54, 1.807) is 0 Å². The second-order valence-electron chi connectivity index (χ2n) is 5.21. The third-order valence-corrected chi connectivity index (χ3v) is 3.61. The largest absolute Gasteiger partial charge is 0.450 e. The highest BCUT2D eigenvalue weighted by Crippen LogP contribution is 2.08. The van der Waals surface area contributed by atoms with E-state index in [9.17, 15) is 9.59 Å². The molecule has 1 saturated heterocycles. The fourth-order valence-electron chi connectivity index (χ4n) is 2.13. The summed E-state index contributed by atoms with van der Waals surface area (Å²) in [5, 5.41) is 5.07. The summed E-state index contributed by atoms with van der Waals surface area (Å²) in [6.45, 7) is 3.01. The van der Waals surface area contributed by atoms with Crippen LogP contribution in [0.25, 0.3) is 0 Å². The molecule has 2 amide bonds. The number of ether oxygens (including phenoxy) is 1. The SMILES string of the molecule is CCc1ccc(CCCCOC(=O)NC2CNC2=O)cc1. The highest BCUT2D eigenvalue weighted by molar-refractivity contribution is 5.90. The molecule has 5 nitrogen and oxygen atoms in total. The van der Waals surface area contributed by atoms with Gasteiger partial charge in [0.1, 0.15) is 6.04 Å². The lowest BCUT2D eigenvalue weighted by atomic mass is 10.1. The maximum Gasteiger partial charge on any atom is 0.407 e. The number of alkyl carbamates (subject to hydrolysis) is 1. The van der Waals surface area contributed by atoms with Crippen LogP contribution in [-0.2, 0) is 22.4 Å². The molecule has 1 heterocycles. The van der Waals surface area contributed by atoms with Crippen molar-refractivity contribution < 1.29 is 14.3 Å². The Kier molecular flexibility index (Phi) is 5.60. The van der Waals surface area contributed by atoms with Gasteiger partial charge in [0, 0.05) is 6.54 Å². The molecule has 0 spiro atoms. The number of hydrogen-bond acceptors (Lipinski definition) is 3. The van der Waals surface area contributed by atoms with Gasteiger partial charge in [-0.15, -0.1) is 0 Å². The number of benzene rings is 1. The van der Waals surface area contributed by atoms with E-state index in [1.165, 1.54) is 11.1 Å². The minimum Gasteiger partial charge on any atom is -0.450 e. The molecule has 1 unspecified atom stereocenters. The number of nitrogens with one attached hydrogen (secondary N) is 2. The normalized spacial score (nSPS) is 16.8. The molecule has 0 aliphatic carbocycles. The first kappa shape index (κ1) is 15.4. The van der Waals surface area contributed by atoms with E-state index in [0.29, 0.717) is 13.2 Å². The van der Waals surface area contributed by atoms with Crippen LogP contribution in [0, 0.1) is 0 Å². The highest BCUT2D eigenvalue weighted by Gasteiger charge is 2.29. The summed E-state index contributed by atoms with van der Waals surface area (Å²) < 4.78 is 5.04. The van der Waals surface area contributed by atoms with Crippen molar-refractivity contribution in [3.8, 4) is 0 Å². The van der Waals surface area contributed by atoms with Crippen LogP contribution in [0.5, 0.6) is 0 Å². The Hall–Kier alpha value is -2.04. The zero-order chi connectivity index (χ0) is 15.1. The standard InChI is InChI=1S/C16H22N2O3/c1-2-12-6-8-13(9-7-12)5-3-4-10-21-16(20)18-14-11-17-15(14)19/h6-9,14H,2-5,10-11H2,1H3,(H,17,19)(H,18,20). The van der Waals surface area contributed by atoms with Gasteiger partial charge in [0.15, 0.2) is 0 Å². The molecule has 1 aliphatic rings. The van der Waals surface area contributed by atoms with Crippen molar-refractivity contribution in [2.24, 2.45) is 0 Å². The number of aryl methyl sites for hydroxylation is 2. The molecule has 1 aromatic carbocycles. The van der Waals surface area contributed by atoms with Crippen LogP contribution in [-0.4, -0.2) is 31.2 Å². The van der Waals surface area contributed by atoms with E-state index >= 15 is 0 Å². The zero-order valence-corrected chi connectivity index (χ0v) is 12.4. The number of β-lactam (4-membered cyclic amide) rings is 1. The van der Waals surface area contributed by atoms with Crippen molar-refractivity contribution >= 4 is 12.0 Å². The van der Waals surface area contributed by atoms with Gasteiger partial charge in [-0.25, -0.2) is 4.79 Å². The Morgan fingerprint density at radius 3 is 2.57 bits per heavy atom. The quantitative estimate of drug-likeness (QED) is 0.594. The summed E-state index contributed by atoms with van der Waals surface area (Å²) >= 11 is 0. The number of amides is 2. The van der Waals surface area contributed by atoms with Crippen molar-refractivity contribution in [3.63, 3.8) is 0 Å². The van der Waals surface area contributed by atoms with Crippen LogP contribution >= 0.6 is 0 Å². The zero-order valence-electron chi connectivity index (χ0n) is 12.4. The molecule has 5 heteroatoms. The first-order chi connectivity index (χ1) is 10.2. The Balaban J connectivity index is 1.54. The average molecular weight is 290 g/mol. The maximum absolute atomic E-state index is 11.4. The van der Waals surface area contributed by atoms with E-state index in [0.717, 1.165) is 25.7 Å². The summed E-state index contributed by atoms with van der Waals surface area (Å²) in [6.07, 6.45) is 3.33. The van der Waals surface area contributed by atoms with Crippen LogP contribution in [0.4, 0.5) is 4.79 Å². The van der Waals surface area contributed by atoms with E-state index in [4.69, 9.17) is 4.74 Å². The Bertz CT molecular complexity index is 485. The number of carbonyl (C=O) groups excluding carboxylic acids is 2. The van der Waals surface area contributed by atoms with E-state index < -0.39 is 12.1 Å². The molecule has 2 rings (SSSR count). The van der Waals surface area contributed by atoms with Crippen molar-refractivity contribution in [2.45, 2.75) is 38.6 Å². The van der Waals surface area contributed by atoms with Gasteiger partial charge in [0.05, 0.1) is 6.61 Å². The third-order valence-electron chi connectivity index (χ3n) is 3.61. The summed E-state index contributed by atoms with van der Waals surface area (Å²) in [5.74, 6) is -0.150. The molecule has 0 aromatic heterocycles. The summed E-state index contributed by atoms with van der Waals surface area (Å²) in [7, 11) is 0. The van der Waals surface area contributed by atoms with E-state index in [2.05, 4.69) is 41.8 Å². The minimum atomic E-state index is -0.512. The first-order valence-electron chi connectivity index (χ1n) is 7.48. The topological polar surface area (TPSA) is 67.4 Å². The van der Waals surface area contributed by atoms with Crippen LogP contribution in [0.1, 0.15) is 30.9 Å². The first-order valence-corrected chi connectivity index (χ1v) is 7.48. The smallest absolute Gasteiger partial charge is 0.407 e. The molecule has 114 valence electrons. The fraction of sp³-hybridized carbons (Fsp3) is 0.500. The predicted molar refractivity (Wildman–Crippen MR) is 80.0 cm³/mol. The van der Waals surface area contributed by atoms with Gasteiger partial charge in [0.25, 0.3) is 0 Å². The van der Waals surface area contributed by atoms with E-state index in [1.807, 2.05) is 0 Å². The van der Waals surface area contributed by atoms with Crippen LogP contribution < -0.4 is 10.6 Å². The van der Waals surface area contributed by atoms with Gasteiger partial charge in [0.2, 0.25) is 5.91 Å². The number of rotatable bonds is 7. The monoisotopic (exact) mass is 290 g/mol. The van der Waals surface area contributed by atoms with Gasteiger partial charge in [-0.1, -0.05) is 31.2 Å².